The van der Waals surface area contributed by atoms with Crippen LogP contribution in [0.4, 0.5) is 5.69 Å². The molecule has 0 radical (unpaired) electrons. The number of amides is 1. The Morgan fingerprint density at radius 3 is 2.24 bits per heavy atom. The quantitative estimate of drug-likeness (QED) is 0.643. The summed E-state index contributed by atoms with van der Waals surface area (Å²) in [6.45, 7) is 3.93. The molecule has 1 N–H and O–H groups in total. The van der Waals surface area contributed by atoms with Crippen LogP contribution >= 0.6 is 0 Å². The highest BCUT2D eigenvalue weighted by Gasteiger charge is 2.52. The first kappa shape index (κ1) is 20.7. The summed E-state index contributed by atoms with van der Waals surface area (Å²) in [4.78, 5) is 26.3. The lowest BCUT2D eigenvalue weighted by Gasteiger charge is -2.22. The molecule has 1 unspecified atom stereocenters. The first-order valence-corrected chi connectivity index (χ1v) is 9.73. The van der Waals surface area contributed by atoms with Crippen molar-refractivity contribution in [2.24, 2.45) is 5.41 Å². The van der Waals surface area contributed by atoms with E-state index in [1.54, 1.807) is 37.4 Å². The summed E-state index contributed by atoms with van der Waals surface area (Å²) in [5.74, 6) is 0.809. The fourth-order valence-corrected chi connectivity index (χ4v) is 3.29. The number of Topliss-reactive ketones (excluding diaryl/α,β-unsaturated/α-hetero) is 1. The van der Waals surface area contributed by atoms with Crippen LogP contribution in [0.25, 0.3) is 0 Å². The van der Waals surface area contributed by atoms with Gasteiger partial charge >= 0.3 is 0 Å². The summed E-state index contributed by atoms with van der Waals surface area (Å²) in [7, 11) is 3.05. The topological polar surface area (TPSA) is 73.9 Å². The maximum Gasteiger partial charge on any atom is 0.273 e. The number of ketones is 1. The summed E-state index contributed by atoms with van der Waals surface area (Å²) in [5.41, 5.74) is 1.02. The molecule has 29 heavy (non-hydrogen) atoms. The highest BCUT2D eigenvalue weighted by atomic mass is 16.5. The van der Waals surface area contributed by atoms with Crippen molar-refractivity contribution >= 4 is 17.4 Å². The Bertz CT molecular complexity index is 887. The van der Waals surface area contributed by atoms with Crippen molar-refractivity contribution in [2.75, 3.05) is 19.5 Å². The molecule has 1 aliphatic carbocycles. The maximum atomic E-state index is 13.2. The molecular formula is C23H27NO5. The molecule has 6 heteroatoms. The molecule has 0 heterocycles. The Labute approximate surface area is 171 Å². The summed E-state index contributed by atoms with van der Waals surface area (Å²) in [6.07, 6.45) is 1.02. The zero-order valence-corrected chi connectivity index (χ0v) is 17.3. The van der Waals surface area contributed by atoms with E-state index in [-0.39, 0.29) is 5.78 Å². The van der Waals surface area contributed by atoms with Gasteiger partial charge in [-0.2, -0.15) is 0 Å². The van der Waals surface area contributed by atoms with E-state index in [4.69, 9.17) is 14.2 Å². The minimum Gasteiger partial charge on any atom is -0.497 e. The van der Waals surface area contributed by atoms with Crippen LogP contribution in [-0.4, -0.2) is 32.0 Å². The lowest BCUT2D eigenvalue weighted by molar-refractivity contribution is -0.138. The lowest BCUT2D eigenvalue weighted by atomic mass is 9.93. The number of ether oxygens (including phenoxy) is 3. The van der Waals surface area contributed by atoms with Gasteiger partial charge in [-0.1, -0.05) is 24.6 Å². The molecule has 0 saturated heterocycles. The Hall–Kier alpha value is -3.02. The lowest BCUT2D eigenvalue weighted by Crippen LogP contribution is -2.43. The largest absolute Gasteiger partial charge is 0.497 e. The number of anilines is 1. The zero-order valence-electron chi connectivity index (χ0n) is 17.3. The van der Waals surface area contributed by atoms with Crippen LogP contribution in [0.5, 0.6) is 17.2 Å². The van der Waals surface area contributed by atoms with E-state index in [0.717, 1.165) is 18.4 Å². The highest BCUT2D eigenvalue weighted by molar-refractivity contribution is 6.13. The smallest absolute Gasteiger partial charge is 0.273 e. The van der Waals surface area contributed by atoms with Gasteiger partial charge in [-0.05, 0) is 50.5 Å². The molecule has 6 nitrogen and oxygen atoms in total. The predicted octanol–water partition coefficient (Wildman–Crippen LogP) is 4.16. The molecule has 3 rings (SSSR count). The molecule has 1 fully saturated rings. The number of rotatable bonds is 9. The molecule has 1 amide bonds. The van der Waals surface area contributed by atoms with Gasteiger partial charge in [0, 0.05) is 11.5 Å². The van der Waals surface area contributed by atoms with E-state index in [1.165, 1.54) is 7.11 Å². The standard InChI is InChI=1S/C23H27NO5/c1-5-23(12-13-23)21(25)20(29-16-8-6-15(2)7-9-16)22(26)24-18-14-17(27-3)10-11-19(18)28-4/h6-11,14,20H,5,12-13H2,1-4H3,(H,24,26). The normalized spacial score (nSPS) is 15.2. The van der Waals surface area contributed by atoms with Crippen LogP contribution in [0.1, 0.15) is 31.7 Å². The highest BCUT2D eigenvalue weighted by Crippen LogP contribution is 2.50. The third-order valence-electron chi connectivity index (χ3n) is 5.47. The van der Waals surface area contributed by atoms with E-state index in [2.05, 4.69) is 5.32 Å². The minimum absolute atomic E-state index is 0.181. The van der Waals surface area contributed by atoms with Crippen molar-refractivity contribution in [3.05, 3.63) is 48.0 Å². The minimum atomic E-state index is -1.24. The molecule has 0 aromatic heterocycles. The van der Waals surface area contributed by atoms with Gasteiger partial charge < -0.3 is 19.5 Å². The number of hydrogen-bond acceptors (Lipinski definition) is 5. The molecule has 1 saturated carbocycles. The van der Waals surface area contributed by atoms with Crippen molar-refractivity contribution < 1.29 is 23.8 Å². The molecule has 2 aromatic rings. The van der Waals surface area contributed by atoms with Crippen molar-refractivity contribution in [1.29, 1.82) is 0 Å². The Kier molecular flexibility index (Phi) is 6.11. The van der Waals surface area contributed by atoms with Crippen LogP contribution in [0.15, 0.2) is 42.5 Å². The molecule has 0 bridgehead atoms. The number of carbonyl (C=O) groups excluding carboxylic acids is 2. The van der Waals surface area contributed by atoms with E-state index in [0.29, 0.717) is 29.4 Å². The fourth-order valence-electron chi connectivity index (χ4n) is 3.29. The number of methoxy groups -OCH3 is 2. The molecular weight excluding hydrogens is 370 g/mol. The SMILES string of the molecule is CCC1(C(=O)C(Oc2ccc(C)cc2)C(=O)Nc2cc(OC)ccc2OC)CC1. The second kappa shape index (κ2) is 8.55. The molecule has 1 atom stereocenters. The van der Waals surface area contributed by atoms with Gasteiger partial charge in [0.25, 0.3) is 5.91 Å². The molecule has 1 aliphatic rings. The van der Waals surface area contributed by atoms with Gasteiger partial charge in [0.1, 0.15) is 17.2 Å². The zero-order chi connectivity index (χ0) is 21.0. The van der Waals surface area contributed by atoms with Crippen LogP contribution in [0.3, 0.4) is 0 Å². The van der Waals surface area contributed by atoms with Crippen molar-refractivity contribution in [2.45, 2.75) is 39.2 Å². The van der Waals surface area contributed by atoms with Gasteiger partial charge in [0.15, 0.2) is 5.78 Å². The molecule has 0 spiro atoms. The summed E-state index contributed by atoms with van der Waals surface area (Å²) < 4.78 is 16.4. The number of carbonyl (C=O) groups is 2. The van der Waals surface area contributed by atoms with Crippen molar-refractivity contribution in [1.82, 2.24) is 0 Å². The molecule has 154 valence electrons. The number of benzene rings is 2. The first-order valence-electron chi connectivity index (χ1n) is 9.73. The molecule has 0 aliphatic heterocycles. The number of nitrogens with one attached hydrogen (secondary N) is 1. The average molecular weight is 397 g/mol. The van der Waals surface area contributed by atoms with E-state index in [9.17, 15) is 9.59 Å². The van der Waals surface area contributed by atoms with Crippen LogP contribution in [-0.2, 0) is 9.59 Å². The molecule has 2 aromatic carbocycles. The van der Waals surface area contributed by atoms with Gasteiger partial charge in [0.2, 0.25) is 6.10 Å². The van der Waals surface area contributed by atoms with Gasteiger partial charge in [-0.15, -0.1) is 0 Å². The van der Waals surface area contributed by atoms with Gasteiger partial charge in [-0.25, -0.2) is 0 Å². The second-order valence-corrected chi connectivity index (χ2v) is 7.36. The fraction of sp³-hybridized carbons (Fsp3) is 0.391. The van der Waals surface area contributed by atoms with Crippen molar-refractivity contribution in [3.63, 3.8) is 0 Å². The monoisotopic (exact) mass is 397 g/mol. The van der Waals surface area contributed by atoms with Gasteiger partial charge in [-0.3, -0.25) is 9.59 Å². The third-order valence-corrected chi connectivity index (χ3v) is 5.47. The summed E-state index contributed by atoms with van der Waals surface area (Å²) >= 11 is 0. The number of hydrogen-bond donors (Lipinski definition) is 1. The third kappa shape index (κ3) is 4.53. The second-order valence-electron chi connectivity index (χ2n) is 7.36. The predicted molar refractivity (Wildman–Crippen MR) is 111 cm³/mol. The van der Waals surface area contributed by atoms with E-state index >= 15 is 0 Å². The Morgan fingerprint density at radius 2 is 1.69 bits per heavy atom. The average Bonchev–Trinajstić information content (AvgIpc) is 3.54. The van der Waals surface area contributed by atoms with Crippen LogP contribution in [0, 0.1) is 12.3 Å². The van der Waals surface area contributed by atoms with Crippen LogP contribution in [0.2, 0.25) is 0 Å². The Morgan fingerprint density at radius 1 is 1.03 bits per heavy atom. The van der Waals surface area contributed by atoms with Gasteiger partial charge in [0.05, 0.1) is 19.9 Å². The maximum absolute atomic E-state index is 13.2. The van der Waals surface area contributed by atoms with Crippen molar-refractivity contribution in [3.8, 4) is 17.2 Å². The summed E-state index contributed by atoms with van der Waals surface area (Å²) in [5, 5.41) is 2.78. The van der Waals surface area contributed by atoms with E-state index in [1.807, 2.05) is 26.0 Å². The van der Waals surface area contributed by atoms with E-state index < -0.39 is 17.4 Å². The first-order chi connectivity index (χ1) is 13.9. The van der Waals surface area contributed by atoms with Crippen LogP contribution < -0.4 is 19.5 Å². The Balaban J connectivity index is 1.88. The number of aryl methyl sites for hydroxylation is 1. The summed E-state index contributed by atoms with van der Waals surface area (Å²) in [6, 6.07) is 12.4.